The number of amides is 6. The first-order valence-electron chi connectivity index (χ1n) is 12.8. The summed E-state index contributed by atoms with van der Waals surface area (Å²) in [6.07, 6.45) is -0.456. The van der Waals surface area contributed by atoms with Gasteiger partial charge in [0, 0.05) is 51.6 Å². The van der Waals surface area contributed by atoms with Gasteiger partial charge in [0.1, 0.15) is 0 Å². The molecule has 4 saturated heterocycles. The molecule has 0 bridgehead atoms. The van der Waals surface area contributed by atoms with Crippen LogP contribution in [0.4, 0.5) is 9.59 Å². The zero-order valence-corrected chi connectivity index (χ0v) is 27.8. The van der Waals surface area contributed by atoms with E-state index in [9.17, 15) is 28.8 Å². The molecule has 0 aromatic heterocycles. The van der Waals surface area contributed by atoms with Crippen LogP contribution < -0.4 is 10.6 Å². The fourth-order valence-corrected chi connectivity index (χ4v) is 4.22. The first kappa shape index (κ1) is 40.8. The van der Waals surface area contributed by atoms with E-state index in [4.69, 9.17) is 28.6 Å². The first-order valence-corrected chi connectivity index (χ1v) is 12.8. The molecule has 4 fully saturated rings. The monoisotopic (exact) mass is 690 g/mol. The maximum atomic E-state index is 11.7. The third-order valence-electron chi connectivity index (χ3n) is 6.43. The molecule has 0 aliphatic carbocycles. The Morgan fingerprint density at radius 1 is 0.651 bits per heavy atom. The summed E-state index contributed by atoms with van der Waals surface area (Å²) in [5, 5.41) is 5.93. The summed E-state index contributed by atoms with van der Waals surface area (Å²) in [4.78, 5) is 78.8. The van der Waals surface area contributed by atoms with Gasteiger partial charge in [-0.25, -0.2) is 9.59 Å². The number of carbonyl (C=O) groups is 6. The van der Waals surface area contributed by atoms with Gasteiger partial charge in [-0.15, -0.1) is 10.1 Å². The Morgan fingerprint density at radius 3 is 1.26 bits per heavy atom. The predicted octanol–water partition coefficient (Wildman–Crippen LogP) is 1.21. The van der Waals surface area contributed by atoms with Crippen molar-refractivity contribution < 1.29 is 90.1 Å². The Kier molecular flexibility index (Phi) is 18.2. The molecular weight excluding hydrogens is 649 g/mol. The number of imide groups is 2. The van der Waals surface area contributed by atoms with Crippen molar-refractivity contribution in [3.8, 4) is 0 Å². The molecule has 1 spiro atoms. The molecule has 4 heterocycles. The van der Waals surface area contributed by atoms with E-state index in [0.29, 0.717) is 62.2 Å². The van der Waals surface area contributed by atoms with Crippen LogP contribution in [0.25, 0.3) is 0 Å². The van der Waals surface area contributed by atoms with Crippen molar-refractivity contribution in [1.82, 2.24) is 20.8 Å². The number of nitrogens with one attached hydrogen (secondary N) is 2. The van der Waals surface area contributed by atoms with Crippen molar-refractivity contribution in [1.29, 1.82) is 0 Å². The molecule has 0 unspecified atom stereocenters. The molecular formula is C26H41N4O12Y. The van der Waals surface area contributed by atoms with E-state index in [-0.39, 0.29) is 93.8 Å². The Morgan fingerprint density at radius 2 is 0.953 bits per heavy atom. The number of hydrogen-bond donors (Lipinski definition) is 2. The van der Waals surface area contributed by atoms with Crippen LogP contribution in [0.2, 0.25) is 0 Å². The Bertz CT molecular complexity index is 856. The van der Waals surface area contributed by atoms with Crippen LogP contribution in [0.3, 0.4) is 0 Å². The number of rotatable bonds is 10. The van der Waals surface area contributed by atoms with Crippen LogP contribution in [0.1, 0.15) is 51.4 Å². The van der Waals surface area contributed by atoms with Crippen molar-refractivity contribution >= 4 is 35.8 Å². The second-order valence-electron chi connectivity index (χ2n) is 9.66. The van der Waals surface area contributed by atoms with Crippen molar-refractivity contribution in [3.63, 3.8) is 0 Å². The minimum Gasteiger partial charge on any atom is -0.358 e. The summed E-state index contributed by atoms with van der Waals surface area (Å²) in [6, 6.07) is 0. The summed E-state index contributed by atoms with van der Waals surface area (Å²) < 4.78 is 23.2. The smallest absolute Gasteiger partial charge is 0.358 e. The van der Waals surface area contributed by atoms with Gasteiger partial charge in [-0.3, -0.25) is 19.2 Å². The quantitative estimate of drug-likeness (QED) is 0.190. The third kappa shape index (κ3) is 11.7. The van der Waals surface area contributed by atoms with Crippen LogP contribution in [0.5, 0.6) is 0 Å². The van der Waals surface area contributed by atoms with Crippen molar-refractivity contribution in [3.05, 3.63) is 22.3 Å². The maximum absolute atomic E-state index is 11.7. The Hall–Kier alpha value is -2.24. The molecule has 43 heavy (non-hydrogen) atoms. The van der Waals surface area contributed by atoms with Gasteiger partial charge < -0.3 is 61.5 Å². The van der Waals surface area contributed by atoms with Gasteiger partial charge in [-0.05, 0) is 12.8 Å². The second-order valence-corrected chi connectivity index (χ2v) is 9.66. The van der Waals surface area contributed by atoms with Crippen molar-refractivity contribution in [2.45, 2.75) is 63.9 Å². The molecule has 2 N–H and O–H groups in total. The van der Waals surface area contributed by atoms with Gasteiger partial charge in [-0.2, -0.15) is 0 Å². The molecule has 4 aliphatic rings. The molecule has 16 nitrogen and oxygen atoms in total. The molecule has 6 amide bonds. The van der Waals surface area contributed by atoms with Gasteiger partial charge in [0.2, 0.25) is 0 Å². The van der Waals surface area contributed by atoms with Gasteiger partial charge in [0.05, 0.1) is 31.8 Å². The zero-order valence-electron chi connectivity index (χ0n) is 24.9. The van der Waals surface area contributed by atoms with E-state index in [1.807, 2.05) is 0 Å². The van der Waals surface area contributed by atoms with Gasteiger partial charge >= 0.3 is 44.9 Å². The SMILES string of the molecule is O=C(NCCCC1OCC2(CO1)COC(CCCNC(=O)ON1C(=O)CCC1=O)OC2)ON1C(=O)CCC1=O.[CH3-].[CH3-].[CH3-].[Y+3]. The number of ether oxygens (including phenoxy) is 4. The van der Waals surface area contributed by atoms with Crippen LogP contribution in [-0.4, -0.2) is 98.0 Å². The normalized spacial score (nSPS) is 24.7. The summed E-state index contributed by atoms with van der Waals surface area (Å²) in [5.74, 6) is -2.16. The van der Waals surface area contributed by atoms with E-state index in [2.05, 4.69) is 10.6 Å². The molecule has 0 radical (unpaired) electrons. The first-order chi connectivity index (χ1) is 18.7. The largest absolute Gasteiger partial charge is 3.00 e. The van der Waals surface area contributed by atoms with E-state index >= 15 is 0 Å². The van der Waals surface area contributed by atoms with Crippen LogP contribution in [0, 0.1) is 27.7 Å². The predicted molar refractivity (Wildman–Crippen MR) is 143 cm³/mol. The van der Waals surface area contributed by atoms with Crippen LogP contribution >= 0.6 is 0 Å². The van der Waals surface area contributed by atoms with Crippen LogP contribution in [-0.2, 0) is 80.5 Å². The van der Waals surface area contributed by atoms with Gasteiger partial charge in [-0.1, -0.05) is 0 Å². The number of nitrogens with zero attached hydrogens (tertiary/aromatic N) is 2. The molecule has 4 rings (SSSR count). The summed E-state index contributed by atoms with van der Waals surface area (Å²) >= 11 is 0. The molecule has 0 saturated carbocycles. The van der Waals surface area contributed by atoms with Crippen molar-refractivity contribution in [2.24, 2.45) is 5.41 Å². The maximum Gasteiger partial charge on any atom is 3.00 e. The summed E-state index contributed by atoms with van der Waals surface area (Å²) in [6.45, 7) is 2.00. The van der Waals surface area contributed by atoms with E-state index in [0.717, 1.165) is 0 Å². The summed E-state index contributed by atoms with van der Waals surface area (Å²) in [5.41, 5.74) is -0.430. The molecule has 0 atom stereocenters. The van der Waals surface area contributed by atoms with E-state index in [1.54, 1.807) is 0 Å². The fraction of sp³-hybridized carbons (Fsp3) is 0.654. The molecule has 240 valence electrons. The standard InChI is InChI=1S/C23H32N4O12.3CH3.Y/c28-15-5-6-16(29)26(15)38-21(32)24-9-1-3-19-34-11-23(12-35-19)13-36-20(37-14-23)4-2-10-25-22(33)39-27-17(30)7-8-18(27)31;;;;/h19-20H,1-14H2,(H,24,32)(H,25,33);3*1H3;/q;3*-1;+3. The van der Waals surface area contributed by atoms with E-state index < -0.39 is 53.8 Å². The molecule has 4 aliphatic heterocycles. The Labute approximate surface area is 276 Å². The van der Waals surface area contributed by atoms with Crippen molar-refractivity contribution in [2.75, 3.05) is 39.5 Å². The fourth-order valence-electron chi connectivity index (χ4n) is 4.22. The van der Waals surface area contributed by atoms with Gasteiger partial charge in [0.25, 0.3) is 23.6 Å². The molecule has 17 heteroatoms. The second kappa shape index (κ2) is 19.2. The number of hydroxylamine groups is 4. The number of carbonyl (C=O) groups excluding carboxylic acids is 6. The third-order valence-corrected chi connectivity index (χ3v) is 6.43. The minimum atomic E-state index is -0.875. The van der Waals surface area contributed by atoms with Crippen LogP contribution in [0.15, 0.2) is 0 Å². The Balaban J connectivity index is 0.00000441. The minimum absolute atomic E-state index is 0. The van der Waals surface area contributed by atoms with Gasteiger partial charge in [0.15, 0.2) is 12.6 Å². The molecule has 0 aromatic carbocycles. The summed E-state index contributed by atoms with van der Waals surface area (Å²) in [7, 11) is 0. The zero-order chi connectivity index (χ0) is 27.8. The topological polar surface area (TPSA) is 188 Å². The van der Waals surface area contributed by atoms with E-state index in [1.165, 1.54) is 0 Å². The molecule has 0 aromatic rings. The number of hydrogen-bond acceptors (Lipinski definition) is 12. The average Bonchev–Trinajstić information content (AvgIpc) is 3.41. The average molecular weight is 691 g/mol.